The number of anilines is 1. The van der Waals surface area contributed by atoms with Gasteiger partial charge in [0, 0.05) is 15.7 Å². The van der Waals surface area contributed by atoms with Gasteiger partial charge in [-0.15, -0.1) is 0 Å². The molecule has 2 rings (SSSR count). The predicted molar refractivity (Wildman–Crippen MR) is 82.8 cm³/mol. The predicted octanol–water partition coefficient (Wildman–Crippen LogP) is 4.13. The third-order valence-corrected chi connectivity index (χ3v) is 3.20. The van der Waals surface area contributed by atoms with Crippen LogP contribution in [0.4, 0.5) is 10.1 Å². The normalized spacial score (nSPS) is 10.8. The van der Waals surface area contributed by atoms with Crippen molar-refractivity contribution >= 4 is 33.6 Å². The fourth-order valence-corrected chi connectivity index (χ4v) is 1.89. The molecule has 0 unspecified atom stereocenters. The highest BCUT2D eigenvalue weighted by molar-refractivity contribution is 9.10. The summed E-state index contributed by atoms with van der Waals surface area (Å²) in [7, 11) is 0. The molecule has 3 nitrogen and oxygen atoms in total. The zero-order valence-electron chi connectivity index (χ0n) is 10.8. The Kier molecular flexibility index (Phi) is 4.85. The molecule has 1 amide bonds. The van der Waals surface area contributed by atoms with E-state index in [1.54, 1.807) is 42.5 Å². The van der Waals surface area contributed by atoms with Gasteiger partial charge >= 0.3 is 0 Å². The summed E-state index contributed by atoms with van der Waals surface area (Å²) < 4.78 is 14.4. The number of nitriles is 1. The number of benzene rings is 2. The minimum absolute atomic E-state index is 0.164. The lowest BCUT2D eigenvalue weighted by Gasteiger charge is -2.04. The van der Waals surface area contributed by atoms with Crippen molar-refractivity contribution < 1.29 is 9.18 Å². The molecular formula is C16H10BrFN2O. The Morgan fingerprint density at radius 3 is 2.48 bits per heavy atom. The van der Waals surface area contributed by atoms with Crippen LogP contribution in [0.25, 0.3) is 6.08 Å². The van der Waals surface area contributed by atoms with Crippen LogP contribution in [0.2, 0.25) is 0 Å². The van der Waals surface area contributed by atoms with E-state index in [0.717, 1.165) is 4.47 Å². The average molecular weight is 345 g/mol. The first-order valence-electron chi connectivity index (χ1n) is 6.03. The van der Waals surface area contributed by atoms with Crippen molar-refractivity contribution in [1.82, 2.24) is 0 Å². The Morgan fingerprint density at radius 1 is 1.19 bits per heavy atom. The van der Waals surface area contributed by atoms with Crippen molar-refractivity contribution in [3.8, 4) is 6.07 Å². The van der Waals surface area contributed by atoms with E-state index >= 15 is 0 Å². The Bertz CT molecular complexity index is 733. The molecule has 0 aliphatic carbocycles. The standard InChI is InChI=1S/C16H10BrFN2O/c17-13-5-7-14(8-6-13)20-16(21)12(10-19)9-11-3-1-2-4-15(11)18/h1-9H,(H,20,21)/b12-9-. The van der Waals surface area contributed by atoms with Crippen LogP contribution in [-0.4, -0.2) is 5.91 Å². The number of amides is 1. The van der Waals surface area contributed by atoms with Gasteiger partial charge < -0.3 is 5.32 Å². The van der Waals surface area contributed by atoms with Crippen molar-refractivity contribution in [2.24, 2.45) is 0 Å². The minimum Gasteiger partial charge on any atom is -0.321 e. The van der Waals surface area contributed by atoms with Gasteiger partial charge in [0.25, 0.3) is 5.91 Å². The lowest BCUT2D eigenvalue weighted by atomic mass is 10.1. The number of carbonyl (C=O) groups is 1. The van der Waals surface area contributed by atoms with Gasteiger partial charge in [-0.05, 0) is 36.4 Å². The zero-order chi connectivity index (χ0) is 15.2. The highest BCUT2D eigenvalue weighted by Crippen LogP contribution is 2.16. The maximum Gasteiger partial charge on any atom is 0.266 e. The molecular weight excluding hydrogens is 335 g/mol. The van der Waals surface area contributed by atoms with E-state index in [1.165, 1.54) is 18.2 Å². The zero-order valence-corrected chi connectivity index (χ0v) is 12.4. The van der Waals surface area contributed by atoms with E-state index in [0.29, 0.717) is 5.69 Å². The Balaban J connectivity index is 2.22. The Labute approximate surface area is 129 Å². The Hall–Kier alpha value is -2.45. The molecule has 0 saturated carbocycles. The summed E-state index contributed by atoms with van der Waals surface area (Å²) in [6, 6.07) is 14.7. The molecule has 0 spiro atoms. The van der Waals surface area contributed by atoms with Crippen LogP contribution in [0.1, 0.15) is 5.56 Å². The van der Waals surface area contributed by atoms with Crippen molar-refractivity contribution in [2.45, 2.75) is 0 Å². The second-order valence-electron chi connectivity index (χ2n) is 4.15. The van der Waals surface area contributed by atoms with Crippen LogP contribution in [0, 0.1) is 17.1 Å². The van der Waals surface area contributed by atoms with Crippen molar-refractivity contribution in [3.05, 3.63) is 70.0 Å². The number of hydrogen-bond donors (Lipinski definition) is 1. The summed E-state index contributed by atoms with van der Waals surface area (Å²) in [5.74, 6) is -1.07. The van der Waals surface area contributed by atoms with E-state index in [2.05, 4.69) is 21.2 Å². The third kappa shape index (κ3) is 4.01. The monoisotopic (exact) mass is 344 g/mol. The lowest BCUT2D eigenvalue weighted by Crippen LogP contribution is -2.13. The molecule has 5 heteroatoms. The topological polar surface area (TPSA) is 52.9 Å². The van der Waals surface area contributed by atoms with E-state index in [-0.39, 0.29) is 11.1 Å². The molecule has 0 aliphatic rings. The molecule has 0 bridgehead atoms. The number of hydrogen-bond acceptors (Lipinski definition) is 2. The molecule has 0 saturated heterocycles. The highest BCUT2D eigenvalue weighted by atomic mass is 79.9. The number of nitrogens with one attached hydrogen (secondary N) is 1. The largest absolute Gasteiger partial charge is 0.321 e. The minimum atomic E-state index is -0.580. The van der Waals surface area contributed by atoms with Gasteiger partial charge in [0.1, 0.15) is 17.5 Å². The summed E-state index contributed by atoms with van der Waals surface area (Å²) in [5.41, 5.74) is 0.584. The SMILES string of the molecule is N#C/C(=C/c1ccccc1F)C(=O)Nc1ccc(Br)cc1. The van der Waals surface area contributed by atoms with Crippen molar-refractivity contribution in [2.75, 3.05) is 5.32 Å². The maximum absolute atomic E-state index is 13.5. The molecule has 104 valence electrons. The van der Waals surface area contributed by atoms with Crippen LogP contribution in [-0.2, 0) is 4.79 Å². The number of rotatable bonds is 3. The van der Waals surface area contributed by atoms with E-state index in [1.807, 2.05) is 0 Å². The molecule has 0 heterocycles. The summed E-state index contributed by atoms with van der Waals surface area (Å²) in [6.45, 7) is 0. The summed E-state index contributed by atoms with van der Waals surface area (Å²) >= 11 is 3.29. The van der Waals surface area contributed by atoms with Crippen LogP contribution >= 0.6 is 15.9 Å². The first kappa shape index (κ1) is 14.9. The quantitative estimate of drug-likeness (QED) is 0.672. The van der Waals surface area contributed by atoms with Crippen LogP contribution < -0.4 is 5.32 Å². The van der Waals surface area contributed by atoms with Crippen molar-refractivity contribution in [3.63, 3.8) is 0 Å². The molecule has 21 heavy (non-hydrogen) atoms. The van der Waals surface area contributed by atoms with Gasteiger partial charge in [-0.1, -0.05) is 34.1 Å². The summed E-state index contributed by atoms with van der Waals surface area (Å²) in [4.78, 5) is 12.0. The average Bonchev–Trinajstić information content (AvgIpc) is 2.48. The van der Waals surface area contributed by atoms with Gasteiger partial charge in [-0.3, -0.25) is 4.79 Å². The van der Waals surface area contributed by atoms with E-state index in [9.17, 15) is 9.18 Å². The number of carbonyl (C=O) groups excluding carboxylic acids is 1. The second kappa shape index (κ2) is 6.82. The second-order valence-corrected chi connectivity index (χ2v) is 5.07. The third-order valence-electron chi connectivity index (χ3n) is 2.67. The lowest BCUT2D eigenvalue weighted by molar-refractivity contribution is -0.112. The van der Waals surface area contributed by atoms with Gasteiger partial charge in [-0.25, -0.2) is 4.39 Å². The number of nitrogens with zero attached hydrogens (tertiary/aromatic N) is 1. The molecule has 1 N–H and O–H groups in total. The van der Waals surface area contributed by atoms with Gasteiger partial charge in [0.15, 0.2) is 0 Å². The fourth-order valence-electron chi connectivity index (χ4n) is 1.63. The molecule has 0 fully saturated rings. The maximum atomic E-state index is 13.5. The first-order chi connectivity index (χ1) is 10.1. The van der Waals surface area contributed by atoms with E-state index < -0.39 is 11.7 Å². The molecule has 2 aromatic rings. The summed E-state index contributed by atoms with van der Waals surface area (Å²) in [5, 5.41) is 11.6. The molecule has 0 radical (unpaired) electrons. The van der Waals surface area contributed by atoms with Crippen LogP contribution in [0.5, 0.6) is 0 Å². The molecule has 0 atom stereocenters. The van der Waals surface area contributed by atoms with Gasteiger partial charge in [0.2, 0.25) is 0 Å². The van der Waals surface area contributed by atoms with Crippen molar-refractivity contribution in [1.29, 1.82) is 5.26 Å². The molecule has 0 aliphatic heterocycles. The molecule has 2 aromatic carbocycles. The van der Waals surface area contributed by atoms with Crippen LogP contribution in [0.15, 0.2) is 58.6 Å². The highest BCUT2D eigenvalue weighted by Gasteiger charge is 2.10. The smallest absolute Gasteiger partial charge is 0.266 e. The van der Waals surface area contributed by atoms with Gasteiger partial charge in [0.05, 0.1) is 0 Å². The fraction of sp³-hybridized carbons (Fsp3) is 0. The van der Waals surface area contributed by atoms with Crippen LogP contribution in [0.3, 0.4) is 0 Å². The summed E-state index contributed by atoms with van der Waals surface area (Å²) in [6.07, 6.45) is 1.23. The van der Waals surface area contributed by atoms with E-state index in [4.69, 9.17) is 5.26 Å². The van der Waals surface area contributed by atoms with Gasteiger partial charge in [-0.2, -0.15) is 5.26 Å². The molecule has 0 aromatic heterocycles. The first-order valence-corrected chi connectivity index (χ1v) is 6.82. The Morgan fingerprint density at radius 2 is 1.86 bits per heavy atom. The number of halogens is 2.